The van der Waals surface area contributed by atoms with Crippen LogP contribution in [-0.2, 0) is 0 Å². The van der Waals surface area contributed by atoms with E-state index in [9.17, 15) is 0 Å². The monoisotopic (exact) mass is 429 g/mol. The molecule has 3 aromatic rings. The van der Waals surface area contributed by atoms with Crippen molar-refractivity contribution >= 4 is 38.6 Å². The Hall–Kier alpha value is -2.18. The predicted octanol–water partition coefficient (Wildman–Crippen LogP) is 6.12. The number of rotatable bonds is 7. The number of hydrogen-bond acceptors (Lipinski definition) is 5. The second-order valence-corrected chi connectivity index (χ2v) is 7.76. The van der Waals surface area contributed by atoms with E-state index >= 15 is 0 Å². The largest absolute Gasteiger partial charge is 0.492 e. The Balaban J connectivity index is 1.67. The summed E-state index contributed by atoms with van der Waals surface area (Å²) in [6, 6.07) is 16.1. The Morgan fingerprint density at radius 1 is 1.23 bits per heavy atom. The highest BCUT2D eigenvalue weighted by Gasteiger charge is 2.08. The molecular weight excluding hydrogens is 410 g/mol. The van der Waals surface area contributed by atoms with Crippen LogP contribution >= 0.6 is 27.3 Å². The van der Waals surface area contributed by atoms with Crippen LogP contribution in [-0.4, -0.2) is 17.8 Å². The van der Waals surface area contributed by atoms with E-state index in [4.69, 9.17) is 4.74 Å². The van der Waals surface area contributed by atoms with E-state index in [0.717, 1.165) is 43.5 Å². The first kappa shape index (κ1) is 18.6. The average Bonchev–Trinajstić information content (AvgIpc) is 3.02. The number of nitrogens with zero attached hydrogens (tertiary/aromatic N) is 2. The van der Waals surface area contributed by atoms with Gasteiger partial charge in [0.1, 0.15) is 5.75 Å². The molecule has 26 heavy (non-hydrogen) atoms. The highest BCUT2D eigenvalue weighted by atomic mass is 79.9. The normalized spacial score (nSPS) is 11.0. The third kappa shape index (κ3) is 4.71. The maximum atomic E-state index is 5.66. The van der Waals surface area contributed by atoms with E-state index in [2.05, 4.69) is 57.4 Å². The van der Waals surface area contributed by atoms with Crippen molar-refractivity contribution < 1.29 is 4.74 Å². The molecule has 0 aliphatic heterocycles. The second-order valence-electron chi connectivity index (χ2n) is 5.70. The number of nitrogens with one attached hydrogen (secondary N) is 1. The molecule has 0 atom stereocenters. The van der Waals surface area contributed by atoms with Crippen molar-refractivity contribution in [1.29, 1.82) is 0 Å². The van der Waals surface area contributed by atoms with Gasteiger partial charge in [-0.15, -0.1) is 11.3 Å². The van der Waals surface area contributed by atoms with Crippen LogP contribution in [0.5, 0.6) is 5.75 Å². The zero-order chi connectivity index (χ0) is 18.4. The quantitative estimate of drug-likeness (QED) is 0.363. The molecule has 0 fully saturated rings. The molecule has 0 bridgehead atoms. The van der Waals surface area contributed by atoms with Gasteiger partial charge < -0.3 is 4.74 Å². The van der Waals surface area contributed by atoms with Gasteiger partial charge in [-0.2, -0.15) is 5.10 Å². The number of hydrazone groups is 1. The Labute approximate surface area is 166 Å². The number of aromatic nitrogens is 1. The molecule has 0 amide bonds. The number of ether oxygens (including phenoxy) is 1. The van der Waals surface area contributed by atoms with Gasteiger partial charge in [0.05, 0.1) is 23.0 Å². The van der Waals surface area contributed by atoms with Gasteiger partial charge in [-0.05, 0) is 53.0 Å². The van der Waals surface area contributed by atoms with Crippen LogP contribution in [0.15, 0.2) is 58.1 Å². The number of anilines is 1. The summed E-state index contributed by atoms with van der Waals surface area (Å²) in [7, 11) is 0. The van der Waals surface area contributed by atoms with Gasteiger partial charge in [-0.1, -0.05) is 37.3 Å². The molecule has 2 aromatic carbocycles. The van der Waals surface area contributed by atoms with Crippen molar-refractivity contribution in [3.05, 3.63) is 63.4 Å². The van der Waals surface area contributed by atoms with Crippen LogP contribution < -0.4 is 10.2 Å². The number of halogens is 1. The summed E-state index contributed by atoms with van der Waals surface area (Å²) >= 11 is 5.13. The van der Waals surface area contributed by atoms with Crippen molar-refractivity contribution in [3.63, 3.8) is 0 Å². The maximum absolute atomic E-state index is 5.66. The molecule has 0 aliphatic carbocycles. The Morgan fingerprint density at radius 2 is 2.04 bits per heavy atom. The minimum absolute atomic E-state index is 0.709. The van der Waals surface area contributed by atoms with Gasteiger partial charge in [-0.3, -0.25) is 5.43 Å². The van der Waals surface area contributed by atoms with Gasteiger partial charge in [0, 0.05) is 10.4 Å². The summed E-state index contributed by atoms with van der Waals surface area (Å²) in [5.41, 5.74) is 6.11. The molecule has 1 heterocycles. The highest BCUT2D eigenvalue weighted by Crippen LogP contribution is 2.30. The van der Waals surface area contributed by atoms with Crippen LogP contribution in [0.2, 0.25) is 0 Å². The van der Waals surface area contributed by atoms with Crippen LogP contribution in [0, 0.1) is 6.92 Å². The van der Waals surface area contributed by atoms with Gasteiger partial charge in [0.25, 0.3) is 0 Å². The fourth-order valence-corrected chi connectivity index (χ4v) is 3.69. The number of benzene rings is 2. The Kier molecular flexibility index (Phi) is 6.41. The van der Waals surface area contributed by atoms with Crippen LogP contribution in [0.25, 0.3) is 11.3 Å². The molecule has 0 spiro atoms. The van der Waals surface area contributed by atoms with E-state index in [0.29, 0.717) is 6.61 Å². The second kappa shape index (κ2) is 8.96. The van der Waals surface area contributed by atoms with Gasteiger partial charge >= 0.3 is 0 Å². The third-order valence-corrected chi connectivity index (χ3v) is 5.13. The van der Waals surface area contributed by atoms with E-state index in [1.807, 2.05) is 36.4 Å². The lowest BCUT2D eigenvalue weighted by atomic mass is 10.1. The number of thiazole rings is 1. The van der Waals surface area contributed by atoms with Crippen molar-refractivity contribution in [1.82, 2.24) is 4.98 Å². The smallest absolute Gasteiger partial charge is 0.204 e. The van der Waals surface area contributed by atoms with Crippen LogP contribution in [0.3, 0.4) is 0 Å². The summed E-state index contributed by atoms with van der Waals surface area (Å²) in [5.74, 6) is 0.847. The molecule has 134 valence electrons. The summed E-state index contributed by atoms with van der Waals surface area (Å²) in [5, 5.41) is 5.08. The highest BCUT2D eigenvalue weighted by molar-refractivity contribution is 9.10. The van der Waals surface area contributed by atoms with E-state index in [1.54, 1.807) is 17.6 Å². The molecular formula is C20H20BrN3OS. The van der Waals surface area contributed by atoms with Crippen LogP contribution in [0.4, 0.5) is 5.13 Å². The summed E-state index contributed by atoms with van der Waals surface area (Å²) in [4.78, 5) is 5.80. The minimum atomic E-state index is 0.709. The van der Waals surface area contributed by atoms with E-state index in [1.165, 1.54) is 0 Å². The van der Waals surface area contributed by atoms with Crippen molar-refractivity contribution in [2.24, 2.45) is 5.10 Å². The summed E-state index contributed by atoms with van der Waals surface area (Å²) < 4.78 is 6.58. The standard InChI is InChI=1S/C20H20BrN3OS/c1-3-11-25-18-10-9-15(12-17(18)21)13-22-24-20-23-19(14(2)26-20)16-7-5-4-6-8-16/h4-10,12-13H,3,11H2,1-2H3,(H,23,24)/b22-13-. The Bertz CT molecular complexity index is 893. The fourth-order valence-electron chi connectivity index (χ4n) is 2.40. The lowest BCUT2D eigenvalue weighted by Gasteiger charge is -2.07. The molecule has 6 heteroatoms. The average molecular weight is 430 g/mol. The molecule has 3 rings (SSSR count). The van der Waals surface area contributed by atoms with E-state index < -0.39 is 0 Å². The zero-order valence-electron chi connectivity index (χ0n) is 14.7. The third-order valence-electron chi connectivity index (χ3n) is 3.64. The van der Waals surface area contributed by atoms with Crippen molar-refractivity contribution in [3.8, 4) is 17.0 Å². The van der Waals surface area contributed by atoms with Crippen molar-refractivity contribution in [2.45, 2.75) is 20.3 Å². The first-order chi connectivity index (χ1) is 12.7. The molecule has 0 radical (unpaired) electrons. The lowest BCUT2D eigenvalue weighted by molar-refractivity contribution is 0.315. The topological polar surface area (TPSA) is 46.5 Å². The molecule has 0 aliphatic rings. The maximum Gasteiger partial charge on any atom is 0.204 e. The minimum Gasteiger partial charge on any atom is -0.492 e. The summed E-state index contributed by atoms with van der Waals surface area (Å²) in [6.07, 6.45) is 2.76. The molecule has 1 aromatic heterocycles. The molecule has 1 N–H and O–H groups in total. The molecule has 4 nitrogen and oxygen atoms in total. The number of aryl methyl sites for hydroxylation is 1. The first-order valence-electron chi connectivity index (χ1n) is 8.41. The summed E-state index contributed by atoms with van der Waals surface area (Å²) in [6.45, 7) is 4.87. The predicted molar refractivity (Wildman–Crippen MR) is 113 cm³/mol. The zero-order valence-corrected chi connectivity index (χ0v) is 17.1. The first-order valence-corrected chi connectivity index (χ1v) is 10.0. The molecule has 0 saturated heterocycles. The Morgan fingerprint density at radius 3 is 2.77 bits per heavy atom. The number of hydrogen-bond donors (Lipinski definition) is 1. The SMILES string of the molecule is CCCOc1ccc(/C=N\Nc2nc(-c3ccccc3)c(C)s2)cc1Br. The lowest BCUT2D eigenvalue weighted by Crippen LogP contribution is -1.96. The molecule has 0 unspecified atom stereocenters. The van der Waals surface area contributed by atoms with Crippen molar-refractivity contribution in [2.75, 3.05) is 12.0 Å². The fraction of sp³-hybridized carbons (Fsp3) is 0.200. The molecule has 0 saturated carbocycles. The van der Waals surface area contributed by atoms with Gasteiger partial charge in [0.15, 0.2) is 0 Å². The van der Waals surface area contributed by atoms with Gasteiger partial charge in [-0.25, -0.2) is 4.98 Å². The van der Waals surface area contributed by atoms with E-state index in [-0.39, 0.29) is 0 Å². The van der Waals surface area contributed by atoms with Gasteiger partial charge in [0.2, 0.25) is 5.13 Å². The van der Waals surface area contributed by atoms with Crippen LogP contribution in [0.1, 0.15) is 23.8 Å².